The van der Waals surface area contributed by atoms with Crippen molar-refractivity contribution < 1.29 is 4.74 Å². The molecule has 0 aromatic heterocycles. The summed E-state index contributed by atoms with van der Waals surface area (Å²) in [5.74, 6) is 0.929. The Balaban J connectivity index is 2.67. The van der Waals surface area contributed by atoms with Gasteiger partial charge in [0.25, 0.3) is 0 Å². The lowest BCUT2D eigenvalue weighted by Gasteiger charge is -2.10. The summed E-state index contributed by atoms with van der Waals surface area (Å²) in [4.78, 5) is 0. The van der Waals surface area contributed by atoms with Crippen molar-refractivity contribution in [3.63, 3.8) is 0 Å². The predicted octanol–water partition coefficient (Wildman–Crippen LogP) is 4.29. The first kappa shape index (κ1) is 11.8. The lowest BCUT2D eigenvalue weighted by Crippen LogP contribution is -2.05. The van der Waals surface area contributed by atoms with Crippen LogP contribution in [0, 0.1) is 0 Å². The summed E-state index contributed by atoms with van der Waals surface area (Å²) in [6.45, 7) is 10.3. The molecule has 1 aromatic rings. The van der Waals surface area contributed by atoms with Crippen molar-refractivity contribution in [1.82, 2.24) is 0 Å². The van der Waals surface area contributed by atoms with Gasteiger partial charge in [0, 0.05) is 0 Å². The van der Waals surface area contributed by atoms with Crippen molar-refractivity contribution in [3.05, 3.63) is 36.4 Å². The average molecular weight is 204 g/mol. The van der Waals surface area contributed by atoms with E-state index in [2.05, 4.69) is 25.6 Å². The quantitative estimate of drug-likeness (QED) is 0.695. The zero-order valence-corrected chi connectivity index (χ0v) is 9.92. The number of benzene rings is 1. The summed E-state index contributed by atoms with van der Waals surface area (Å²) in [7, 11) is 0. The van der Waals surface area contributed by atoms with Crippen LogP contribution in [0.1, 0.15) is 39.2 Å². The Bertz CT molecular complexity index is 309. The summed E-state index contributed by atoms with van der Waals surface area (Å²) in [5.41, 5.74) is 2.42. The molecule has 0 heterocycles. The molecule has 82 valence electrons. The largest absolute Gasteiger partial charge is 0.491 e. The van der Waals surface area contributed by atoms with Gasteiger partial charge < -0.3 is 4.74 Å². The second-order valence-corrected chi connectivity index (χ2v) is 4.04. The van der Waals surface area contributed by atoms with E-state index in [9.17, 15) is 0 Å². The summed E-state index contributed by atoms with van der Waals surface area (Å²) >= 11 is 0. The third-order valence-corrected chi connectivity index (χ3v) is 2.19. The number of allylic oxidation sites excluding steroid dienone is 1. The molecular formula is C14H20O. The van der Waals surface area contributed by atoms with Gasteiger partial charge in [-0.2, -0.15) is 0 Å². The van der Waals surface area contributed by atoms with Crippen LogP contribution in [0.3, 0.4) is 0 Å². The van der Waals surface area contributed by atoms with E-state index >= 15 is 0 Å². The van der Waals surface area contributed by atoms with Crippen LogP contribution in [0.15, 0.2) is 30.8 Å². The minimum atomic E-state index is 0.231. The molecule has 0 aliphatic carbocycles. The molecule has 0 aliphatic rings. The van der Waals surface area contributed by atoms with Crippen molar-refractivity contribution in [2.45, 2.75) is 39.7 Å². The van der Waals surface area contributed by atoms with Crippen molar-refractivity contribution in [1.29, 1.82) is 0 Å². The second kappa shape index (κ2) is 5.59. The molecule has 0 atom stereocenters. The highest BCUT2D eigenvalue weighted by atomic mass is 16.5. The van der Waals surface area contributed by atoms with Crippen LogP contribution in [0.2, 0.25) is 0 Å². The summed E-state index contributed by atoms with van der Waals surface area (Å²) in [6, 6.07) is 8.18. The molecule has 1 heteroatoms. The van der Waals surface area contributed by atoms with Crippen molar-refractivity contribution in [3.8, 4) is 5.75 Å². The maximum absolute atomic E-state index is 5.58. The summed E-state index contributed by atoms with van der Waals surface area (Å²) in [5, 5.41) is 0. The molecule has 0 aliphatic heterocycles. The first-order valence-corrected chi connectivity index (χ1v) is 5.58. The topological polar surface area (TPSA) is 9.23 Å². The van der Waals surface area contributed by atoms with Crippen molar-refractivity contribution in [2.75, 3.05) is 0 Å². The molecule has 0 saturated heterocycles. The maximum Gasteiger partial charge on any atom is 0.119 e. The summed E-state index contributed by atoms with van der Waals surface area (Å²) in [6.07, 6.45) is 2.43. The lowest BCUT2D eigenvalue weighted by molar-refractivity contribution is 0.242. The molecule has 0 N–H and O–H groups in total. The fourth-order valence-electron chi connectivity index (χ4n) is 1.49. The third-order valence-electron chi connectivity index (χ3n) is 2.19. The Hall–Kier alpha value is -1.24. The highest BCUT2D eigenvalue weighted by Gasteiger charge is 2.00. The van der Waals surface area contributed by atoms with Crippen molar-refractivity contribution in [2.24, 2.45) is 0 Å². The fourth-order valence-corrected chi connectivity index (χ4v) is 1.49. The number of ether oxygens (including phenoxy) is 1. The minimum Gasteiger partial charge on any atom is -0.491 e. The molecule has 0 radical (unpaired) electrons. The van der Waals surface area contributed by atoms with Crippen molar-refractivity contribution >= 4 is 5.57 Å². The van der Waals surface area contributed by atoms with E-state index in [1.165, 1.54) is 11.1 Å². The zero-order chi connectivity index (χ0) is 11.3. The van der Waals surface area contributed by atoms with Gasteiger partial charge in [0.2, 0.25) is 0 Å². The van der Waals surface area contributed by atoms with Crippen LogP contribution in [-0.4, -0.2) is 6.10 Å². The zero-order valence-electron chi connectivity index (χ0n) is 9.92. The van der Waals surface area contributed by atoms with Gasteiger partial charge in [-0.15, -0.1) is 0 Å². The van der Waals surface area contributed by atoms with E-state index in [1.807, 2.05) is 26.0 Å². The Morgan fingerprint density at radius 1 is 1.27 bits per heavy atom. The molecule has 0 fully saturated rings. The molecule has 1 rings (SSSR count). The van der Waals surface area contributed by atoms with Gasteiger partial charge >= 0.3 is 0 Å². The normalized spacial score (nSPS) is 10.4. The Kier molecular flexibility index (Phi) is 4.41. The van der Waals surface area contributed by atoms with Gasteiger partial charge in [0.1, 0.15) is 5.75 Å². The standard InChI is InChI=1S/C14H20O/c1-5-6-12(4)13-7-9-14(10-8-13)15-11(2)3/h7-11H,4-6H2,1-3H3. The lowest BCUT2D eigenvalue weighted by atomic mass is 10.0. The van der Waals surface area contributed by atoms with E-state index in [0.29, 0.717) is 0 Å². The first-order chi connectivity index (χ1) is 7.13. The van der Waals surface area contributed by atoms with Crippen LogP contribution in [0.25, 0.3) is 5.57 Å². The number of hydrogen-bond donors (Lipinski definition) is 0. The molecule has 1 nitrogen and oxygen atoms in total. The van der Waals surface area contributed by atoms with E-state index in [-0.39, 0.29) is 6.10 Å². The van der Waals surface area contributed by atoms with Gasteiger partial charge in [0.05, 0.1) is 6.10 Å². The minimum absolute atomic E-state index is 0.231. The molecule has 0 unspecified atom stereocenters. The Morgan fingerprint density at radius 3 is 2.33 bits per heavy atom. The fraction of sp³-hybridized carbons (Fsp3) is 0.429. The molecule has 15 heavy (non-hydrogen) atoms. The van der Waals surface area contributed by atoms with E-state index < -0.39 is 0 Å². The molecule has 1 aromatic carbocycles. The Morgan fingerprint density at radius 2 is 1.87 bits per heavy atom. The third kappa shape index (κ3) is 3.78. The highest BCUT2D eigenvalue weighted by molar-refractivity contribution is 5.63. The van der Waals surface area contributed by atoms with Gasteiger partial charge in [-0.25, -0.2) is 0 Å². The molecule has 0 saturated carbocycles. The monoisotopic (exact) mass is 204 g/mol. The Labute approximate surface area is 92.8 Å². The number of rotatable bonds is 5. The van der Waals surface area contributed by atoms with Crippen LogP contribution in [0.5, 0.6) is 5.75 Å². The SMILES string of the molecule is C=C(CCC)c1ccc(OC(C)C)cc1. The van der Waals surface area contributed by atoms with E-state index in [0.717, 1.165) is 18.6 Å². The van der Waals surface area contributed by atoms with Crippen LogP contribution >= 0.6 is 0 Å². The molecule has 0 bridgehead atoms. The van der Waals surface area contributed by atoms with Gasteiger partial charge in [-0.3, -0.25) is 0 Å². The predicted molar refractivity (Wildman–Crippen MR) is 66.1 cm³/mol. The van der Waals surface area contributed by atoms with Gasteiger partial charge in [-0.1, -0.05) is 32.1 Å². The molecule has 0 amide bonds. The number of hydrogen-bond acceptors (Lipinski definition) is 1. The van der Waals surface area contributed by atoms with Gasteiger partial charge in [0.15, 0.2) is 0 Å². The smallest absolute Gasteiger partial charge is 0.119 e. The first-order valence-electron chi connectivity index (χ1n) is 5.58. The average Bonchev–Trinajstić information content (AvgIpc) is 2.18. The van der Waals surface area contributed by atoms with Crippen LogP contribution < -0.4 is 4.74 Å². The molecule has 0 spiro atoms. The van der Waals surface area contributed by atoms with Crippen LogP contribution in [-0.2, 0) is 0 Å². The second-order valence-electron chi connectivity index (χ2n) is 4.04. The van der Waals surface area contributed by atoms with Gasteiger partial charge in [-0.05, 0) is 43.5 Å². The van der Waals surface area contributed by atoms with E-state index in [4.69, 9.17) is 4.74 Å². The molecular weight excluding hydrogens is 184 g/mol. The maximum atomic E-state index is 5.58. The summed E-state index contributed by atoms with van der Waals surface area (Å²) < 4.78 is 5.58. The van der Waals surface area contributed by atoms with E-state index in [1.54, 1.807) is 0 Å². The van der Waals surface area contributed by atoms with Crippen LogP contribution in [0.4, 0.5) is 0 Å². The highest BCUT2D eigenvalue weighted by Crippen LogP contribution is 2.21.